The summed E-state index contributed by atoms with van der Waals surface area (Å²) in [6, 6.07) is 0. The fourth-order valence-electron chi connectivity index (χ4n) is 1.03. The lowest BCUT2D eigenvalue weighted by molar-refractivity contribution is 1.16. The molecule has 0 aliphatic rings. The first-order chi connectivity index (χ1) is 5.79. The fourth-order valence-corrected chi connectivity index (χ4v) is 1.03. The van der Waals surface area contributed by atoms with Crippen LogP contribution in [0.15, 0.2) is 28.3 Å². The number of aromatic nitrogens is 3. The number of H-pyrrole nitrogens is 2. The normalized spacial score (nSPS) is 10.3. The molecular formula is C7H5N3O2. The van der Waals surface area contributed by atoms with E-state index in [4.69, 9.17) is 0 Å². The molecule has 0 fully saturated rings. The monoisotopic (exact) mass is 163 g/mol. The van der Waals surface area contributed by atoms with Crippen molar-refractivity contribution >= 4 is 10.8 Å². The highest BCUT2D eigenvalue weighted by Crippen LogP contribution is 1.98. The molecule has 0 aliphatic heterocycles. The molecule has 0 aliphatic carbocycles. The van der Waals surface area contributed by atoms with Crippen molar-refractivity contribution in [3.63, 3.8) is 0 Å². The number of hydrogen-bond donors (Lipinski definition) is 2. The van der Waals surface area contributed by atoms with Gasteiger partial charge in [-0.15, -0.1) is 0 Å². The Labute approximate surface area is 66.1 Å². The highest BCUT2D eigenvalue weighted by atomic mass is 16.1. The smallest absolute Gasteiger partial charge is 0.280 e. The molecule has 5 heteroatoms. The molecule has 0 unspecified atom stereocenters. The molecule has 0 radical (unpaired) electrons. The molecule has 2 rings (SSSR count). The van der Waals surface area contributed by atoms with Crippen molar-refractivity contribution in [3.05, 3.63) is 39.4 Å². The van der Waals surface area contributed by atoms with Crippen LogP contribution < -0.4 is 11.1 Å². The van der Waals surface area contributed by atoms with Crippen molar-refractivity contribution in [1.82, 2.24) is 15.0 Å². The minimum atomic E-state index is -0.412. The van der Waals surface area contributed by atoms with Crippen LogP contribution in [0.25, 0.3) is 10.8 Å². The van der Waals surface area contributed by atoms with Gasteiger partial charge in [-0.25, -0.2) is 0 Å². The maximum absolute atomic E-state index is 11.1. The van der Waals surface area contributed by atoms with Gasteiger partial charge in [0.25, 0.3) is 11.1 Å². The summed E-state index contributed by atoms with van der Waals surface area (Å²) in [5.41, 5.74) is -0.731. The van der Waals surface area contributed by atoms with Crippen LogP contribution in [0.2, 0.25) is 0 Å². The maximum Gasteiger partial charge on any atom is 0.280 e. The summed E-state index contributed by atoms with van der Waals surface area (Å²) in [7, 11) is 0. The lowest BCUT2D eigenvalue weighted by Crippen LogP contribution is -2.01. The zero-order valence-electron chi connectivity index (χ0n) is 6.00. The highest BCUT2D eigenvalue weighted by molar-refractivity contribution is 5.79. The summed E-state index contributed by atoms with van der Waals surface area (Å²) in [5, 5.41) is 0.638. The van der Waals surface area contributed by atoms with E-state index in [1.54, 1.807) is 0 Å². The fraction of sp³-hybridized carbons (Fsp3) is 0. The number of rotatable bonds is 0. The zero-order chi connectivity index (χ0) is 8.55. The van der Waals surface area contributed by atoms with Crippen LogP contribution in [0.1, 0.15) is 0 Å². The molecule has 0 saturated heterocycles. The number of nitrogens with one attached hydrogen (secondary N) is 2. The second-order valence-electron chi connectivity index (χ2n) is 2.32. The van der Waals surface area contributed by atoms with Gasteiger partial charge in [-0.1, -0.05) is 0 Å². The molecule has 0 amide bonds. The average Bonchev–Trinajstić information content (AvgIpc) is 2.47. The first-order valence-corrected chi connectivity index (χ1v) is 3.33. The van der Waals surface area contributed by atoms with Crippen LogP contribution in [-0.2, 0) is 0 Å². The van der Waals surface area contributed by atoms with Crippen LogP contribution in [0.5, 0.6) is 0 Å². The van der Waals surface area contributed by atoms with E-state index in [0.29, 0.717) is 10.8 Å². The minimum Gasteiger partial charge on any atom is -0.366 e. The summed E-state index contributed by atoms with van der Waals surface area (Å²) < 4.78 is 0. The van der Waals surface area contributed by atoms with Gasteiger partial charge in [-0.05, 0) is 0 Å². The van der Waals surface area contributed by atoms with Gasteiger partial charge in [0, 0.05) is 12.4 Å². The van der Waals surface area contributed by atoms with Crippen LogP contribution >= 0.6 is 0 Å². The number of nitrogens with zero attached hydrogens (tertiary/aromatic N) is 1. The largest absolute Gasteiger partial charge is 0.366 e. The lowest BCUT2D eigenvalue weighted by Gasteiger charge is -1.71. The third kappa shape index (κ3) is 0.833. The molecule has 0 spiro atoms. The molecule has 0 saturated carbocycles. The van der Waals surface area contributed by atoms with Crippen LogP contribution in [0, 0.1) is 0 Å². The standard InChI is InChI=1S/C7H5N3O2/c11-6-4-1-8-2-5(4)7(12)10-3-9-6/h1-3,8H,(H,9,10,11,12). The summed E-state index contributed by atoms with van der Waals surface area (Å²) in [6.45, 7) is 0. The number of aromatic amines is 2. The first-order valence-electron chi connectivity index (χ1n) is 3.33. The highest BCUT2D eigenvalue weighted by Gasteiger charge is 1.99. The van der Waals surface area contributed by atoms with Gasteiger partial charge < -0.3 is 9.97 Å². The first kappa shape index (κ1) is 6.78. The third-order valence-electron chi connectivity index (χ3n) is 1.60. The van der Waals surface area contributed by atoms with Gasteiger partial charge >= 0.3 is 0 Å². The molecular weight excluding hydrogens is 158 g/mol. The number of hydrogen-bond acceptors (Lipinski definition) is 3. The van der Waals surface area contributed by atoms with Crippen molar-refractivity contribution in [2.45, 2.75) is 0 Å². The Morgan fingerprint density at radius 3 is 2.75 bits per heavy atom. The van der Waals surface area contributed by atoms with Gasteiger partial charge in [0.15, 0.2) is 0 Å². The second-order valence-corrected chi connectivity index (χ2v) is 2.32. The Balaban J connectivity index is 3.22. The van der Waals surface area contributed by atoms with Gasteiger partial charge in [0.05, 0.1) is 17.1 Å². The molecule has 60 valence electrons. The lowest BCUT2D eigenvalue weighted by atomic mass is 10.3. The molecule has 0 bridgehead atoms. The minimum absolute atomic E-state index is 0.307. The van der Waals surface area contributed by atoms with Crippen molar-refractivity contribution in [3.8, 4) is 0 Å². The maximum atomic E-state index is 11.1. The van der Waals surface area contributed by atoms with E-state index >= 15 is 0 Å². The Morgan fingerprint density at radius 2 is 1.92 bits per heavy atom. The van der Waals surface area contributed by atoms with Gasteiger partial charge in [-0.2, -0.15) is 4.98 Å². The molecule has 2 aromatic rings. The Kier molecular flexibility index (Phi) is 1.30. The summed E-state index contributed by atoms with van der Waals surface area (Å²) >= 11 is 0. The quantitative estimate of drug-likeness (QED) is 0.555. The van der Waals surface area contributed by atoms with E-state index in [-0.39, 0.29) is 5.56 Å². The van der Waals surface area contributed by atoms with E-state index in [2.05, 4.69) is 15.0 Å². The van der Waals surface area contributed by atoms with Crippen molar-refractivity contribution in [2.75, 3.05) is 0 Å². The Morgan fingerprint density at radius 1 is 1.17 bits per heavy atom. The van der Waals surface area contributed by atoms with Gasteiger partial charge in [0.1, 0.15) is 0 Å². The average molecular weight is 163 g/mol. The van der Waals surface area contributed by atoms with Gasteiger partial charge in [-0.3, -0.25) is 9.59 Å². The van der Waals surface area contributed by atoms with E-state index in [0.717, 1.165) is 6.33 Å². The molecule has 2 N–H and O–H groups in total. The van der Waals surface area contributed by atoms with Crippen molar-refractivity contribution in [2.24, 2.45) is 0 Å². The molecule has 2 heterocycles. The predicted octanol–water partition coefficient (Wildman–Crippen LogP) is -0.389. The van der Waals surface area contributed by atoms with Crippen molar-refractivity contribution < 1.29 is 0 Å². The molecule has 0 atom stereocenters. The number of fused-ring (bicyclic) bond motifs is 1. The SMILES string of the molecule is O=c1nc[nH]c(=O)c2c[nH]cc12. The third-order valence-corrected chi connectivity index (χ3v) is 1.60. The topological polar surface area (TPSA) is 78.6 Å². The molecule has 12 heavy (non-hydrogen) atoms. The summed E-state index contributed by atoms with van der Waals surface area (Å²) in [4.78, 5) is 30.7. The molecule has 0 aromatic carbocycles. The second kappa shape index (κ2) is 2.30. The van der Waals surface area contributed by atoms with Crippen LogP contribution in [-0.4, -0.2) is 15.0 Å². The van der Waals surface area contributed by atoms with E-state index in [9.17, 15) is 9.59 Å². The summed E-state index contributed by atoms with van der Waals surface area (Å²) in [5.74, 6) is 0. The molecule has 5 nitrogen and oxygen atoms in total. The Bertz CT molecular complexity index is 481. The van der Waals surface area contributed by atoms with Crippen molar-refractivity contribution in [1.29, 1.82) is 0 Å². The van der Waals surface area contributed by atoms with E-state index < -0.39 is 5.56 Å². The van der Waals surface area contributed by atoms with E-state index in [1.807, 2.05) is 0 Å². The predicted molar refractivity (Wildman–Crippen MR) is 43.0 cm³/mol. The Hall–Kier alpha value is -1.91. The zero-order valence-corrected chi connectivity index (χ0v) is 6.00. The summed E-state index contributed by atoms with van der Waals surface area (Å²) in [6.07, 6.45) is 4.03. The van der Waals surface area contributed by atoms with Crippen LogP contribution in [0.3, 0.4) is 0 Å². The van der Waals surface area contributed by atoms with E-state index in [1.165, 1.54) is 12.4 Å². The van der Waals surface area contributed by atoms with Crippen LogP contribution in [0.4, 0.5) is 0 Å². The molecule has 2 aromatic heterocycles. The van der Waals surface area contributed by atoms with Gasteiger partial charge in [0.2, 0.25) is 0 Å².